The number of rotatable bonds is 9. The van der Waals surface area contributed by atoms with Crippen molar-refractivity contribution in [1.82, 2.24) is 4.90 Å². The third-order valence-corrected chi connectivity index (χ3v) is 9.34. The summed E-state index contributed by atoms with van der Waals surface area (Å²) in [5, 5.41) is 0. The molecule has 1 atom stereocenters. The second kappa shape index (κ2) is 13.0. The molecule has 0 spiro atoms. The van der Waals surface area contributed by atoms with E-state index >= 15 is 4.79 Å². The van der Waals surface area contributed by atoms with Crippen LogP contribution in [0.2, 0.25) is 0 Å². The largest absolute Gasteiger partial charge is 0.306 e. The second-order valence-electron chi connectivity index (χ2n) is 12.2. The maximum absolute atomic E-state index is 15.2. The summed E-state index contributed by atoms with van der Waals surface area (Å²) >= 11 is 0. The lowest BCUT2D eigenvalue weighted by Gasteiger charge is -2.42. The van der Waals surface area contributed by atoms with E-state index in [0.29, 0.717) is 6.54 Å². The van der Waals surface area contributed by atoms with Gasteiger partial charge in [0.25, 0.3) is 0 Å². The molecule has 0 N–H and O–H groups in total. The van der Waals surface area contributed by atoms with Crippen LogP contribution in [-0.4, -0.2) is 10.8 Å². The number of anilines is 1. The average Bonchev–Trinajstić information content (AvgIpc) is 3.38. The Kier molecular flexibility index (Phi) is 8.33. The highest BCUT2D eigenvalue weighted by Crippen LogP contribution is 2.50. The van der Waals surface area contributed by atoms with Crippen LogP contribution >= 0.6 is 0 Å². The molecule has 0 bridgehead atoms. The summed E-state index contributed by atoms with van der Waals surface area (Å²) in [7, 11) is 0. The van der Waals surface area contributed by atoms with Gasteiger partial charge in [-0.15, -0.1) is 0 Å². The number of carbonyl (C=O) groups excluding carboxylic acids is 1. The molecule has 0 saturated heterocycles. The lowest BCUT2D eigenvalue weighted by Crippen LogP contribution is -2.42. The Morgan fingerprint density at radius 1 is 0.522 bits per heavy atom. The molecule has 6 aromatic rings. The van der Waals surface area contributed by atoms with Gasteiger partial charge in [0, 0.05) is 11.3 Å². The van der Waals surface area contributed by atoms with E-state index in [1.165, 1.54) is 16.7 Å². The Morgan fingerprint density at radius 2 is 0.913 bits per heavy atom. The molecule has 1 aliphatic rings. The van der Waals surface area contributed by atoms with E-state index in [-0.39, 0.29) is 18.0 Å². The molecule has 3 heteroatoms. The van der Waals surface area contributed by atoms with Crippen molar-refractivity contribution in [3.63, 3.8) is 0 Å². The van der Waals surface area contributed by atoms with Crippen molar-refractivity contribution in [2.24, 2.45) is 0 Å². The van der Waals surface area contributed by atoms with Gasteiger partial charge >= 0.3 is 0 Å². The minimum absolute atomic E-state index is 0.0950. The van der Waals surface area contributed by atoms with E-state index in [0.717, 1.165) is 33.5 Å². The van der Waals surface area contributed by atoms with Crippen molar-refractivity contribution in [3.05, 3.63) is 208 Å². The highest BCUT2D eigenvalue weighted by molar-refractivity contribution is 6.04. The lowest BCUT2D eigenvalue weighted by atomic mass is 9.87. The van der Waals surface area contributed by atoms with Crippen molar-refractivity contribution in [2.45, 2.75) is 38.5 Å². The third-order valence-electron chi connectivity index (χ3n) is 9.34. The molecule has 226 valence electrons. The average molecular weight is 599 g/mol. The number of hydrogen-bond acceptors (Lipinski definition) is 2. The molecule has 0 radical (unpaired) electrons. The molecule has 0 saturated carbocycles. The minimum Gasteiger partial charge on any atom is -0.306 e. The summed E-state index contributed by atoms with van der Waals surface area (Å²) in [4.78, 5) is 19.7. The summed E-state index contributed by atoms with van der Waals surface area (Å²) in [6.07, 6.45) is 0. The first-order valence-corrected chi connectivity index (χ1v) is 16.0. The predicted molar refractivity (Wildman–Crippen MR) is 188 cm³/mol. The van der Waals surface area contributed by atoms with Crippen molar-refractivity contribution < 1.29 is 4.79 Å². The summed E-state index contributed by atoms with van der Waals surface area (Å²) in [5.74, 6) is 0.0950. The van der Waals surface area contributed by atoms with Gasteiger partial charge in [0.1, 0.15) is 6.04 Å². The van der Waals surface area contributed by atoms with Gasteiger partial charge < -0.3 is 4.90 Å². The molecule has 6 aromatic carbocycles. The van der Waals surface area contributed by atoms with E-state index in [4.69, 9.17) is 0 Å². The summed E-state index contributed by atoms with van der Waals surface area (Å²) < 4.78 is 0. The first-order chi connectivity index (χ1) is 22.6. The molecule has 0 fully saturated rings. The Morgan fingerprint density at radius 3 is 1.35 bits per heavy atom. The fourth-order valence-electron chi connectivity index (χ4n) is 7.13. The monoisotopic (exact) mass is 598 g/mol. The SMILES string of the molecule is Cc1cccc(C)c1CN1C(=O)C(N(C(c2ccccc2)c2ccccc2)C(c2ccccc2)c2ccccc2)c2ccccc21. The van der Waals surface area contributed by atoms with E-state index in [1.54, 1.807) is 0 Å². The molecule has 7 rings (SSSR count). The molecule has 1 aliphatic heterocycles. The van der Waals surface area contributed by atoms with Gasteiger partial charge in [-0.3, -0.25) is 9.69 Å². The van der Waals surface area contributed by atoms with Gasteiger partial charge in [0.15, 0.2) is 0 Å². The number of benzene rings is 6. The number of aryl methyl sites for hydroxylation is 2. The third kappa shape index (κ3) is 5.55. The molecular formula is C43H38N2O. The van der Waals surface area contributed by atoms with E-state index in [9.17, 15) is 0 Å². The molecule has 3 nitrogen and oxygen atoms in total. The van der Waals surface area contributed by atoms with Crippen LogP contribution in [0.4, 0.5) is 5.69 Å². The number of nitrogens with zero attached hydrogens (tertiary/aromatic N) is 2. The molecular weight excluding hydrogens is 560 g/mol. The first-order valence-electron chi connectivity index (χ1n) is 16.0. The molecule has 0 aromatic heterocycles. The Balaban J connectivity index is 1.49. The van der Waals surface area contributed by atoms with Gasteiger partial charge in [-0.2, -0.15) is 0 Å². The summed E-state index contributed by atoms with van der Waals surface area (Å²) in [6.45, 7) is 4.81. The minimum atomic E-state index is -0.531. The van der Waals surface area contributed by atoms with E-state index in [2.05, 4.69) is 176 Å². The van der Waals surface area contributed by atoms with Crippen molar-refractivity contribution in [1.29, 1.82) is 0 Å². The number of hydrogen-bond donors (Lipinski definition) is 0. The zero-order chi connectivity index (χ0) is 31.5. The van der Waals surface area contributed by atoms with E-state index < -0.39 is 6.04 Å². The van der Waals surface area contributed by atoms with Crippen LogP contribution in [0, 0.1) is 13.8 Å². The highest BCUT2D eigenvalue weighted by atomic mass is 16.2. The van der Waals surface area contributed by atoms with Crippen LogP contribution in [0.1, 0.15) is 62.6 Å². The first kappa shape index (κ1) is 29.5. The topological polar surface area (TPSA) is 23.6 Å². The van der Waals surface area contributed by atoms with E-state index in [1.807, 2.05) is 11.0 Å². The molecule has 1 amide bonds. The van der Waals surface area contributed by atoms with Crippen molar-refractivity contribution in [2.75, 3.05) is 4.90 Å². The molecule has 46 heavy (non-hydrogen) atoms. The Hall–Kier alpha value is -5.25. The maximum atomic E-state index is 15.2. The van der Waals surface area contributed by atoms with Crippen LogP contribution in [0.3, 0.4) is 0 Å². The van der Waals surface area contributed by atoms with Crippen LogP contribution in [0.15, 0.2) is 164 Å². The highest BCUT2D eigenvalue weighted by Gasteiger charge is 2.47. The number of para-hydroxylation sites is 1. The van der Waals surface area contributed by atoms with Crippen molar-refractivity contribution >= 4 is 11.6 Å². The van der Waals surface area contributed by atoms with Gasteiger partial charge in [-0.1, -0.05) is 158 Å². The van der Waals surface area contributed by atoms with Crippen LogP contribution < -0.4 is 4.90 Å². The lowest BCUT2D eigenvalue weighted by molar-refractivity contribution is -0.124. The zero-order valence-corrected chi connectivity index (χ0v) is 26.3. The second-order valence-corrected chi connectivity index (χ2v) is 12.2. The van der Waals surface area contributed by atoms with Crippen LogP contribution in [-0.2, 0) is 11.3 Å². The summed E-state index contributed by atoms with van der Waals surface area (Å²) in [5.41, 5.74) is 10.2. The van der Waals surface area contributed by atoms with Crippen molar-refractivity contribution in [3.8, 4) is 0 Å². The fraction of sp³-hybridized carbons (Fsp3) is 0.140. The quantitative estimate of drug-likeness (QED) is 0.165. The zero-order valence-electron chi connectivity index (χ0n) is 26.3. The number of amides is 1. The van der Waals surface area contributed by atoms with Gasteiger partial charge in [-0.25, -0.2) is 0 Å². The van der Waals surface area contributed by atoms with Gasteiger partial charge in [0.2, 0.25) is 5.91 Å². The fourth-order valence-corrected chi connectivity index (χ4v) is 7.13. The molecule has 0 aliphatic carbocycles. The Labute approximate surface area is 272 Å². The van der Waals surface area contributed by atoms with Gasteiger partial charge in [0.05, 0.1) is 18.6 Å². The van der Waals surface area contributed by atoms with Gasteiger partial charge in [-0.05, 0) is 58.9 Å². The predicted octanol–water partition coefficient (Wildman–Crippen LogP) is 9.77. The molecule has 1 unspecified atom stereocenters. The molecule has 1 heterocycles. The van der Waals surface area contributed by atoms with Crippen LogP contribution in [0.5, 0.6) is 0 Å². The summed E-state index contributed by atoms with van der Waals surface area (Å²) in [6, 6.07) is 56.4. The number of fused-ring (bicyclic) bond motifs is 1. The maximum Gasteiger partial charge on any atom is 0.249 e. The smallest absolute Gasteiger partial charge is 0.249 e. The Bertz CT molecular complexity index is 1740. The number of carbonyl (C=O) groups is 1. The normalized spacial score (nSPS) is 14.3. The standard InChI is InChI=1S/C43H38N2O/c1-31-18-17-19-32(2)38(31)30-44-39-29-16-15-28-37(39)42(43(44)46)45(40(33-20-7-3-8-21-33)34-22-9-4-10-23-34)41(35-24-11-5-12-25-35)36-26-13-6-14-27-36/h3-29,40-42H,30H2,1-2H3. The van der Waals surface area contributed by atoms with Crippen LogP contribution in [0.25, 0.3) is 0 Å².